The zero-order chi connectivity index (χ0) is 22.8. The van der Waals surface area contributed by atoms with Crippen LogP contribution in [0.15, 0.2) is 60.7 Å². The van der Waals surface area contributed by atoms with E-state index in [0.717, 1.165) is 27.8 Å². The van der Waals surface area contributed by atoms with E-state index in [1.807, 2.05) is 54.6 Å². The van der Waals surface area contributed by atoms with Gasteiger partial charge in [0.05, 0.1) is 0 Å². The highest BCUT2D eigenvalue weighted by atomic mass is 16.5. The Morgan fingerprint density at radius 2 is 1.50 bits per heavy atom. The molecule has 0 fully saturated rings. The number of benzene rings is 3. The van der Waals surface area contributed by atoms with Crippen molar-refractivity contribution in [3.8, 4) is 16.9 Å². The summed E-state index contributed by atoms with van der Waals surface area (Å²) in [5, 5.41) is 22.4. The van der Waals surface area contributed by atoms with Crippen LogP contribution in [-0.2, 0) is 16.0 Å². The van der Waals surface area contributed by atoms with Crippen molar-refractivity contribution in [2.24, 2.45) is 0 Å². The molecule has 6 heteroatoms. The molecule has 1 amide bonds. The molecule has 3 aromatic rings. The van der Waals surface area contributed by atoms with Crippen LogP contribution in [0, 0.1) is 13.8 Å². The number of aromatic hydroxyl groups is 1. The second kappa shape index (κ2) is 8.75. The van der Waals surface area contributed by atoms with Gasteiger partial charge in [-0.25, -0.2) is 9.59 Å². The maximum atomic E-state index is 12.5. The minimum absolute atomic E-state index is 0.0428. The van der Waals surface area contributed by atoms with Gasteiger partial charge in [0.2, 0.25) is 0 Å². The molecule has 0 radical (unpaired) electrons. The Bertz CT molecular complexity index is 1140. The van der Waals surface area contributed by atoms with Gasteiger partial charge >= 0.3 is 12.1 Å². The molecule has 6 nitrogen and oxygen atoms in total. The van der Waals surface area contributed by atoms with Gasteiger partial charge in [-0.3, -0.25) is 0 Å². The summed E-state index contributed by atoms with van der Waals surface area (Å²) in [5.41, 5.74) is 6.30. The van der Waals surface area contributed by atoms with Crippen molar-refractivity contribution < 1.29 is 24.5 Å². The Labute approximate surface area is 186 Å². The number of phenolic OH excluding ortho intramolecular Hbond substituents is 1. The van der Waals surface area contributed by atoms with Crippen LogP contribution in [0.5, 0.6) is 5.75 Å². The van der Waals surface area contributed by atoms with E-state index in [0.29, 0.717) is 11.1 Å². The zero-order valence-corrected chi connectivity index (χ0v) is 18.0. The van der Waals surface area contributed by atoms with E-state index < -0.39 is 18.1 Å². The van der Waals surface area contributed by atoms with Gasteiger partial charge in [-0.2, -0.15) is 0 Å². The molecule has 1 unspecified atom stereocenters. The van der Waals surface area contributed by atoms with Crippen LogP contribution in [0.2, 0.25) is 0 Å². The van der Waals surface area contributed by atoms with Gasteiger partial charge in [0.25, 0.3) is 0 Å². The summed E-state index contributed by atoms with van der Waals surface area (Å²) in [6, 6.07) is 18.4. The molecule has 32 heavy (non-hydrogen) atoms. The molecule has 1 aliphatic rings. The fourth-order valence-electron chi connectivity index (χ4n) is 4.30. The molecule has 1 aliphatic carbocycles. The van der Waals surface area contributed by atoms with Crippen molar-refractivity contribution in [3.05, 3.63) is 88.5 Å². The molecule has 1 atom stereocenters. The third-order valence-corrected chi connectivity index (χ3v) is 6.06. The van der Waals surface area contributed by atoms with Crippen LogP contribution >= 0.6 is 0 Å². The number of fused-ring (bicyclic) bond motifs is 3. The summed E-state index contributed by atoms with van der Waals surface area (Å²) in [7, 11) is 0. The smallest absolute Gasteiger partial charge is 0.407 e. The molecular formula is C26H25NO5. The Hall–Kier alpha value is -3.80. The fourth-order valence-corrected chi connectivity index (χ4v) is 4.30. The molecule has 164 valence electrons. The van der Waals surface area contributed by atoms with Crippen LogP contribution in [0.4, 0.5) is 4.79 Å². The first-order valence-corrected chi connectivity index (χ1v) is 10.5. The number of phenols is 1. The van der Waals surface area contributed by atoms with Gasteiger partial charge in [0.1, 0.15) is 18.4 Å². The Balaban J connectivity index is 1.46. The maximum absolute atomic E-state index is 12.5. The Morgan fingerprint density at radius 1 is 0.938 bits per heavy atom. The molecule has 0 aromatic heterocycles. The monoisotopic (exact) mass is 431 g/mol. The average molecular weight is 431 g/mol. The van der Waals surface area contributed by atoms with E-state index in [1.165, 1.54) is 0 Å². The van der Waals surface area contributed by atoms with Crippen molar-refractivity contribution in [1.82, 2.24) is 5.32 Å². The van der Waals surface area contributed by atoms with E-state index in [2.05, 4.69) is 5.32 Å². The number of aliphatic carboxylic acids is 1. The second-order valence-corrected chi connectivity index (χ2v) is 8.09. The summed E-state index contributed by atoms with van der Waals surface area (Å²) >= 11 is 0. The number of carbonyl (C=O) groups excluding carboxylic acids is 1. The number of amides is 1. The molecule has 0 saturated heterocycles. The highest BCUT2D eigenvalue weighted by Gasteiger charge is 2.30. The predicted octanol–water partition coefficient (Wildman–Crippen LogP) is 4.54. The van der Waals surface area contributed by atoms with Crippen LogP contribution in [0.25, 0.3) is 11.1 Å². The van der Waals surface area contributed by atoms with Crippen LogP contribution in [-0.4, -0.2) is 34.9 Å². The third-order valence-electron chi connectivity index (χ3n) is 6.06. The zero-order valence-electron chi connectivity index (χ0n) is 18.0. The maximum Gasteiger partial charge on any atom is 0.407 e. The van der Waals surface area contributed by atoms with Crippen LogP contribution in [0.1, 0.15) is 33.7 Å². The topological polar surface area (TPSA) is 95.9 Å². The van der Waals surface area contributed by atoms with E-state index in [4.69, 9.17) is 4.74 Å². The minimum Gasteiger partial charge on any atom is -0.507 e. The lowest BCUT2D eigenvalue weighted by Crippen LogP contribution is -2.43. The molecular weight excluding hydrogens is 406 g/mol. The number of rotatable bonds is 6. The lowest BCUT2D eigenvalue weighted by molar-refractivity contribution is -0.139. The quantitative estimate of drug-likeness (QED) is 0.532. The summed E-state index contributed by atoms with van der Waals surface area (Å²) in [6.07, 6.45) is -0.845. The van der Waals surface area contributed by atoms with Gasteiger partial charge in [0, 0.05) is 12.3 Å². The summed E-state index contributed by atoms with van der Waals surface area (Å²) in [6.45, 7) is 3.63. The number of hydrogen-bond acceptors (Lipinski definition) is 4. The summed E-state index contributed by atoms with van der Waals surface area (Å²) < 4.78 is 5.47. The Morgan fingerprint density at radius 3 is 2.09 bits per heavy atom. The molecule has 0 bridgehead atoms. The highest BCUT2D eigenvalue weighted by Crippen LogP contribution is 2.44. The largest absolute Gasteiger partial charge is 0.507 e. The lowest BCUT2D eigenvalue weighted by Gasteiger charge is -2.19. The standard InChI is InChI=1S/C26H25NO5/c1-15-11-12-16(2)24(28)21(15)13-23(25(29)30)27-26(31)32-14-22-19-9-5-3-7-17(19)18-8-4-6-10-20(18)22/h3-12,22-23,28H,13-14H2,1-2H3,(H,27,31)(H,29,30). The lowest BCUT2D eigenvalue weighted by atomic mass is 9.97. The number of carbonyl (C=O) groups is 2. The first-order chi connectivity index (χ1) is 15.4. The minimum atomic E-state index is -1.22. The average Bonchev–Trinajstić information content (AvgIpc) is 3.11. The SMILES string of the molecule is Cc1ccc(C)c(CC(NC(=O)OCC2c3ccccc3-c3ccccc32)C(=O)O)c1O. The molecule has 4 rings (SSSR count). The number of carboxylic acids is 1. The van der Waals surface area contributed by atoms with Gasteiger partial charge in [0.15, 0.2) is 0 Å². The van der Waals surface area contributed by atoms with Crippen LogP contribution in [0.3, 0.4) is 0 Å². The normalized spacial score (nSPS) is 13.2. The van der Waals surface area contributed by atoms with Crippen molar-refractivity contribution in [2.45, 2.75) is 32.2 Å². The number of ether oxygens (including phenoxy) is 1. The highest BCUT2D eigenvalue weighted by molar-refractivity contribution is 5.81. The summed E-state index contributed by atoms with van der Waals surface area (Å²) in [5.74, 6) is -1.26. The number of nitrogens with one attached hydrogen (secondary N) is 1. The van der Waals surface area contributed by atoms with Crippen molar-refractivity contribution in [1.29, 1.82) is 0 Å². The second-order valence-electron chi connectivity index (χ2n) is 8.09. The van der Waals surface area contributed by atoms with Gasteiger partial charge in [-0.05, 0) is 52.8 Å². The number of carboxylic acid groups (broad SMARTS) is 1. The first-order valence-electron chi connectivity index (χ1n) is 10.5. The molecule has 0 heterocycles. The molecule has 3 N–H and O–H groups in total. The molecule has 0 spiro atoms. The Kier molecular flexibility index (Phi) is 5.86. The molecule has 0 saturated carbocycles. The number of aryl methyl sites for hydroxylation is 2. The van der Waals surface area contributed by atoms with Crippen LogP contribution < -0.4 is 5.32 Å². The van der Waals surface area contributed by atoms with Gasteiger partial charge < -0.3 is 20.3 Å². The predicted molar refractivity (Wildman–Crippen MR) is 121 cm³/mol. The van der Waals surface area contributed by atoms with Gasteiger partial charge in [-0.15, -0.1) is 0 Å². The van der Waals surface area contributed by atoms with Crippen molar-refractivity contribution in [2.75, 3.05) is 6.61 Å². The van der Waals surface area contributed by atoms with Crippen molar-refractivity contribution >= 4 is 12.1 Å². The fraction of sp³-hybridized carbons (Fsp3) is 0.231. The van der Waals surface area contributed by atoms with Crippen molar-refractivity contribution in [3.63, 3.8) is 0 Å². The van der Waals surface area contributed by atoms with Gasteiger partial charge in [-0.1, -0.05) is 60.7 Å². The van der Waals surface area contributed by atoms with E-state index >= 15 is 0 Å². The van der Waals surface area contributed by atoms with E-state index in [9.17, 15) is 19.8 Å². The molecule has 3 aromatic carbocycles. The van der Waals surface area contributed by atoms with E-state index in [-0.39, 0.29) is 24.7 Å². The number of hydrogen-bond donors (Lipinski definition) is 3. The number of alkyl carbamates (subject to hydrolysis) is 1. The van der Waals surface area contributed by atoms with E-state index in [1.54, 1.807) is 19.9 Å². The third kappa shape index (κ3) is 4.04. The first kappa shape index (κ1) is 21.4. The summed E-state index contributed by atoms with van der Waals surface area (Å²) in [4.78, 5) is 24.3. The molecule has 0 aliphatic heterocycles.